The number of hydrogen-bond donors (Lipinski definition) is 3. The van der Waals surface area contributed by atoms with Crippen LogP contribution >= 0.6 is 0 Å². The van der Waals surface area contributed by atoms with Crippen LogP contribution in [0.25, 0.3) is 0 Å². The van der Waals surface area contributed by atoms with Gasteiger partial charge in [-0.3, -0.25) is 9.59 Å². The van der Waals surface area contributed by atoms with Crippen molar-refractivity contribution < 1.29 is 22.8 Å². The van der Waals surface area contributed by atoms with Gasteiger partial charge in [0, 0.05) is 18.8 Å². The fraction of sp³-hybridized carbons (Fsp3) is 0.385. The highest BCUT2D eigenvalue weighted by Crippen LogP contribution is 2.29. The van der Waals surface area contributed by atoms with E-state index in [1.165, 1.54) is 12.1 Å². The molecule has 1 aromatic carbocycles. The molecular weight excluding hydrogens is 287 g/mol. The summed E-state index contributed by atoms with van der Waals surface area (Å²) < 4.78 is 37.2. The first kappa shape index (κ1) is 15.3. The van der Waals surface area contributed by atoms with Crippen LogP contribution in [-0.2, 0) is 15.8 Å². The quantitative estimate of drug-likeness (QED) is 0.783. The molecule has 1 fully saturated rings. The van der Waals surface area contributed by atoms with Crippen molar-refractivity contribution in [1.29, 1.82) is 0 Å². The summed E-state index contributed by atoms with van der Waals surface area (Å²) in [5.41, 5.74) is -0.530. The lowest BCUT2D eigenvalue weighted by atomic mass is 10.1. The van der Waals surface area contributed by atoms with Gasteiger partial charge in [0.15, 0.2) is 0 Å². The molecule has 21 heavy (non-hydrogen) atoms. The van der Waals surface area contributed by atoms with E-state index >= 15 is 0 Å². The standard InChI is InChI=1S/C13H14F3N3O2/c14-13(15,16)8-1-3-9(4-2-8)19-11(20)7-10-12(21)18-6-5-17-10/h1-4,10,17H,5-7H2,(H,18,21)(H,19,20)/t10-/m0/s1. The minimum Gasteiger partial charge on any atom is -0.353 e. The van der Waals surface area contributed by atoms with Crippen LogP contribution in [0.4, 0.5) is 18.9 Å². The summed E-state index contributed by atoms with van der Waals surface area (Å²) in [6, 6.07) is 3.51. The third-order valence-electron chi connectivity index (χ3n) is 3.02. The van der Waals surface area contributed by atoms with Gasteiger partial charge in [0.2, 0.25) is 11.8 Å². The SMILES string of the molecule is O=C(C[C@@H]1NCCNC1=O)Nc1ccc(C(F)(F)F)cc1. The molecule has 0 aliphatic carbocycles. The molecule has 3 N–H and O–H groups in total. The van der Waals surface area contributed by atoms with Gasteiger partial charge in [0.25, 0.3) is 0 Å². The van der Waals surface area contributed by atoms with E-state index in [2.05, 4.69) is 16.0 Å². The van der Waals surface area contributed by atoms with Gasteiger partial charge in [-0.15, -0.1) is 0 Å². The normalized spacial score (nSPS) is 19.0. The van der Waals surface area contributed by atoms with Crippen LogP contribution in [0.1, 0.15) is 12.0 Å². The summed E-state index contributed by atoms with van der Waals surface area (Å²) in [5.74, 6) is -0.701. The van der Waals surface area contributed by atoms with Gasteiger partial charge in [-0.25, -0.2) is 0 Å². The summed E-state index contributed by atoms with van der Waals surface area (Å²) in [7, 11) is 0. The van der Waals surface area contributed by atoms with E-state index < -0.39 is 23.7 Å². The lowest BCUT2D eigenvalue weighted by Crippen LogP contribution is -2.53. The second kappa shape index (κ2) is 6.13. The molecule has 5 nitrogen and oxygen atoms in total. The molecule has 2 rings (SSSR count). The first-order chi connectivity index (χ1) is 9.86. The van der Waals surface area contributed by atoms with E-state index in [-0.39, 0.29) is 18.0 Å². The van der Waals surface area contributed by atoms with Crippen LogP contribution in [0, 0.1) is 0 Å². The number of carbonyl (C=O) groups is 2. The van der Waals surface area contributed by atoms with Gasteiger partial charge in [-0.2, -0.15) is 13.2 Å². The van der Waals surface area contributed by atoms with E-state index in [4.69, 9.17) is 0 Å². The number of anilines is 1. The second-order valence-corrected chi connectivity index (χ2v) is 4.63. The number of rotatable bonds is 3. The Hall–Kier alpha value is -2.09. The Morgan fingerprint density at radius 2 is 1.90 bits per heavy atom. The number of amides is 2. The number of hydrogen-bond acceptors (Lipinski definition) is 3. The Morgan fingerprint density at radius 1 is 1.24 bits per heavy atom. The molecule has 0 aromatic heterocycles. The van der Waals surface area contributed by atoms with Crippen LogP contribution in [0.3, 0.4) is 0 Å². The topological polar surface area (TPSA) is 70.2 Å². The second-order valence-electron chi connectivity index (χ2n) is 4.63. The summed E-state index contributed by atoms with van der Waals surface area (Å²) in [6.45, 7) is 1.08. The third-order valence-corrected chi connectivity index (χ3v) is 3.02. The highest BCUT2D eigenvalue weighted by molar-refractivity contribution is 5.95. The first-order valence-corrected chi connectivity index (χ1v) is 6.34. The molecule has 1 aliphatic heterocycles. The number of carbonyl (C=O) groups excluding carboxylic acids is 2. The summed E-state index contributed by atoms with van der Waals surface area (Å²) in [4.78, 5) is 23.2. The smallest absolute Gasteiger partial charge is 0.353 e. The van der Waals surface area contributed by atoms with Gasteiger partial charge < -0.3 is 16.0 Å². The minimum absolute atomic E-state index is 0.0765. The van der Waals surface area contributed by atoms with Crippen LogP contribution in [0.2, 0.25) is 0 Å². The molecule has 8 heteroatoms. The molecular formula is C13H14F3N3O2. The average molecular weight is 301 g/mol. The van der Waals surface area contributed by atoms with Crippen LogP contribution in [0.15, 0.2) is 24.3 Å². The van der Waals surface area contributed by atoms with Crippen molar-refractivity contribution in [3.63, 3.8) is 0 Å². The van der Waals surface area contributed by atoms with Gasteiger partial charge in [-0.05, 0) is 24.3 Å². The van der Waals surface area contributed by atoms with Gasteiger partial charge >= 0.3 is 6.18 Å². The van der Waals surface area contributed by atoms with Crippen molar-refractivity contribution in [1.82, 2.24) is 10.6 Å². The van der Waals surface area contributed by atoms with Crippen LogP contribution in [0.5, 0.6) is 0 Å². The molecule has 0 bridgehead atoms. The molecule has 0 spiro atoms. The Balaban J connectivity index is 1.92. The van der Waals surface area contributed by atoms with E-state index in [1.807, 2.05) is 0 Å². The maximum atomic E-state index is 12.4. The van der Waals surface area contributed by atoms with E-state index in [9.17, 15) is 22.8 Å². The molecule has 0 unspecified atom stereocenters. The summed E-state index contributed by atoms with van der Waals surface area (Å²) in [5, 5.41) is 7.97. The average Bonchev–Trinajstić information content (AvgIpc) is 2.41. The number of halogens is 3. The Kier molecular flexibility index (Phi) is 4.46. The van der Waals surface area contributed by atoms with Gasteiger partial charge in [0.1, 0.15) is 0 Å². The zero-order valence-electron chi connectivity index (χ0n) is 11.0. The molecule has 2 amide bonds. The largest absolute Gasteiger partial charge is 0.416 e. The maximum Gasteiger partial charge on any atom is 0.416 e. The fourth-order valence-corrected chi connectivity index (χ4v) is 1.95. The zero-order valence-corrected chi connectivity index (χ0v) is 11.0. The molecule has 1 aliphatic rings. The molecule has 1 aromatic rings. The zero-order chi connectivity index (χ0) is 15.5. The van der Waals surface area contributed by atoms with E-state index in [1.54, 1.807) is 0 Å². The molecule has 0 saturated carbocycles. The first-order valence-electron chi connectivity index (χ1n) is 6.34. The van der Waals surface area contributed by atoms with Crippen molar-refractivity contribution in [3.05, 3.63) is 29.8 Å². The third kappa shape index (κ3) is 4.19. The van der Waals surface area contributed by atoms with Crippen LogP contribution in [-0.4, -0.2) is 30.9 Å². The van der Waals surface area contributed by atoms with Crippen molar-refractivity contribution in [2.75, 3.05) is 18.4 Å². The Labute approximate surface area is 118 Å². The predicted octanol–water partition coefficient (Wildman–Crippen LogP) is 1.12. The lowest BCUT2D eigenvalue weighted by Gasteiger charge is -2.22. The predicted molar refractivity (Wildman–Crippen MR) is 69.5 cm³/mol. The highest BCUT2D eigenvalue weighted by Gasteiger charge is 2.30. The monoisotopic (exact) mass is 301 g/mol. The Bertz CT molecular complexity index is 528. The molecule has 1 saturated heterocycles. The summed E-state index contributed by atoms with van der Waals surface area (Å²) >= 11 is 0. The van der Waals surface area contributed by atoms with Crippen molar-refractivity contribution in [3.8, 4) is 0 Å². The van der Waals surface area contributed by atoms with E-state index in [0.717, 1.165) is 12.1 Å². The van der Waals surface area contributed by atoms with Crippen molar-refractivity contribution in [2.45, 2.75) is 18.6 Å². The minimum atomic E-state index is -4.41. The Morgan fingerprint density at radius 3 is 2.48 bits per heavy atom. The lowest BCUT2D eigenvalue weighted by molar-refractivity contribution is -0.137. The number of alkyl halides is 3. The molecule has 1 heterocycles. The molecule has 1 atom stereocenters. The number of benzene rings is 1. The highest BCUT2D eigenvalue weighted by atomic mass is 19.4. The summed E-state index contributed by atoms with van der Waals surface area (Å²) in [6.07, 6.45) is -4.49. The van der Waals surface area contributed by atoms with E-state index in [0.29, 0.717) is 13.1 Å². The molecule has 114 valence electrons. The molecule has 0 radical (unpaired) electrons. The van der Waals surface area contributed by atoms with Gasteiger partial charge in [-0.1, -0.05) is 0 Å². The van der Waals surface area contributed by atoms with Crippen molar-refractivity contribution in [2.24, 2.45) is 0 Å². The number of piperazine rings is 1. The van der Waals surface area contributed by atoms with Crippen molar-refractivity contribution >= 4 is 17.5 Å². The van der Waals surface area contributed by atoms with Gasteiger partial charge in [0.05, 0.1) is 18.0 Å². The van der Waals surface area contributed by atoms with Crippen LogP contribution < -0.4 is 16.0 Å². The maximum absolute atomic E-state index is 12.4. The number of nitrogens with one attached hydrogen (secondary N) is 3. The fourth-order valence-electron chi connectivity index (χ4n) is 1.95.